The van der Waals surface area contributed by atoms with Gasteiger partial charge in [0.15, 0.2) is 0 Å². The summed E-state index contributed by atoms with van der Waals surface area (Å²) in [5, 5.41) is 2.96. The fourth-order valence-corrected chi connectivity index (χ4v) is 2.49. The zero-order valence-corrected chi connectivity index (χ0v) is 11.8. The van der Waals surface area contributed by atoms with Crippen molar-refractivity contribution in [3.05, 3.63) is 35.1 Å². The molecule has 0 aliphatic heterocycles. The number of halogens is 2. The molecule has 0 saturated heterocycles. The largest absolute Gasteiger partial charge is 0.349 e. The number of nitrogens with one attached hydrogen (secondary N) is 1. The smallest absolute Gasteiger partial charge is 0.251 e. The van der Waals surface area contributed by atoms with Gasteiger partial charge in [-0.2, -0.15) is 0 Å². The average molecular weight is 287 g/mol. The molecule has 19 heavy (non-hydrogen) atoms. The fraction of sp³-hybridized carbons (Fsp3) is 0.500. The Morgan fingerprint density at radius 3 is 2.84 bits per heavy atom. The van der Waals surface area contributed by atoms with Crippen LogP contribution in [0, 0.1) is 18.7 Å². The molecule has 0 heterocycles. The van der Waals surface area contributed by atoms with Gasteiger partial charge in [-0.3, -0.25) is 4.79 Å². The van der Waals surface area contributed by atoms with Crippen LogP contribution in [0.5, 0.6) is 0 Å². The molecule has 3 N–H and O–H groups in total. The van der Waals surface area contributed by atoms with E-state index in [4.69, 9.17) is 5.73 Å². The standard InChI is InChI=1S/C14H19FN2O.ClH/c1-9-5-6-10(7-12(9)15)14(18)17-13-4-2-3-11(13)8-16;/h5-7,11,13H,2-4,8,16H2,1H3,(H,17,18);1H. The number of nitrogens with two attached hydrogens (primary N) is 1. The molecule has 0 bridgehead atoms. The van der Waals surface area contributed by atoms with Crippen molar-refractivity contribution >= 4 is 18.3 Å². The van der Waals surface area contributed by atoms with Crippen molar-refractivity contribution in [2.75, 3.05) is 6.54 Å². The van der Waals surface area contributed by atoms with E-state index in [0.717, 1.165) is 19.3 Å². The highest BCUT2D eigenvalue weighted by atomic mass is 35.5. The minimum absolute atomic E-state index is 0. The summed E-state index contributed by atoms with van der Waals surface area (Å²) in [5.74, 6) is -0.201. The zero-order valence-electron chi connectivity index (χ0n) is 11.0. The first kappa shape index (κ1) is 15.9. The van der Waals surface area contributed by atoms with Gasteiger partial charge in [0, 0.05) is 11.6 Å². The molecule has 2 unspecified atom stereocenters. The summed E-state index contributed by atoms with van der Waals surface area (Å²) in [6, 6.07) is 4.70. The summed E-state index contributed by atoms with van der Waals surface area (Å²) in [6.45, 7) is 2.27. The number of rotatable bonds is 3. The molecule has 1 saturated carbocycles. The predicted octanol–water partition coefficient (Wildman–Crippen LogP) is 2.41. The lowest BCUT2D eigenvalue weighted by molar-refractivity contribution is 0.0928. The Balaban J connectivity index is 0.00000180. The molecule has 1 fully saturated rings. The lowest BCUT2D eigenvalue weighted by atomic mass is 10.0. The normalized spacial score (nSPS) is 21.8. The number of benzene rings is 1. The van der Waals surface area contributed by atoms with Crippen LogP contribution in [0.1, 0.15) is 35.2 Å². The molecule has 0 radical (unpaired) electrons. The van der Waals surface area contributed by atoms with E-state index in [9.17, 15) is 9.18 Å². The van der Waals surface area contributed by atoms with Gasteiger partial charge < -0.3 is 11.1 Å². The highest BCUT2D eigenvalue weighted by Gasteiger charge is 2.27. The van der Waals surface area contributed by atoms with E-state index in [0.29, 0.717) is 23.6 Å². The summed E-state index contributed by atoms with van der Waals surface area (Å²) in [4.78, 5) is 12.0. The van der Waals surface area contributed by atoms with Crippen LogP contribution in [0.25, 0.3) is 0 Å². The number of aryl methyl sites for hydroxylation is 1. The lowest BCUT2D eigenvalue weighted by Crippen LogP contribution is -2.39. The van der Waals surface area contributed by atoms with Crippen LogP contribution < -0.4 is 11.1 Å². The van der Waals surface area contributed by atoms with Crippen LogP contribution in [-0.4, -0.2) is 18.5 Å². The first-order valence-electron chi connectivity index (χ1n) is 6.39. The Labute approximate surface area is 119 Å². The summed E-state index contributed by atoms with van der Waals surface area (Å²) in [6.07, 6.45) is 3.11. The molecule has 1 aromatic carbocycles. The Morgan fingerprint density at radius 1 is 1.47 bits per heavy atom. The van der Waals surface area contributed by atoms with E-state index in [1.54, 1.807) is 19.1 Å². The Morgan fingerprint density at radius 2 is 2.21 bits per heavy atom. The van der Waals surface area contributed by atoms with Gasteiger partial charge in [0.05, 0.1) is 0 Å². The van der Waals surface area contributed by atoms with Crippen molar-refractivity contribution in [3.63, 3.8) is 0 Å². The number of hydrogen-bond donors (Lipinski definition) is 2. The van der Waals surface area contributed by atoms with E-state index >= 15 is 0 Å². The Kier molecular flexibility index (Phi) is 5.76. The molecule has 1 aliphatic carbocycles. The molecule has 2 atom stereocenters. The highest BCUT2D eigenvalue weighted by Crippen LogP contribution is 2.24. The van der Waals surface area contributed by atoms with E-state index in [1.807, 2.05) is 0 Å². The van der Waals surface area contributed by atoms with Gasteiger partial charge in [0.2, 0.25) is 0 Å². The molecule has 0 spiro atoms. The van der Waals surface area contributed by atoms with Crippen molar-refractivity contribution in [2.24, 2.45) is 11.7 Å². The van der Waals surface area contributed by atoms with Crippen LogP contribution in [-0.2, 0) is 0 Å². The van der Waals surface area contributed by atoms with E-state index in [1.165, 1.54) is 6.07 Å². The third kappa shape index (κ3) is 3.67. The summed E-state index contributed by atoms with van der Waals surface area (Å²) < 4.78 is 13.4. The van der Waals surface area contributed by atoms with Gasteiger partial charge in [-0.1, -0.05) is 12.5 Å². The first-order valence-corrected chi connectivity index (χ1v) is 6.39. The second kappa shape index (κ2) is 6.87. The zero-order chi connectivity index (χ0) is 13.1. The monoisotopic (exact) mass is 286 g/mol. The second-order valence-corrected chi connectivity index (χ2v) is 4.97. The fourth-order valence-electron chi connectivity index (χ4n) is 2.49. The van der Waals surface area contributed by atoms with E-state index < -0.39 is 0 Å². The highest BCUT2D eigenvalue weighted by molar-refractivity contribution is 5.94. The van der Waals surface area contributed by atoms with Crippen LogP contribution >= 0.6 is 12.4 Å². The van der Waals surface area contributed by atoms with Crippen molar-refractivity contribution in [3.8, 4) is 0 Å². The minimum Gasteiger partial charge on any atom is -0.349 e. The van der Waals surface area contributed by atoms with Gasteiger partial charge in [-0.25, -0.2) is 4.39 Å². The van der Waals surface area contributed by atoms with Gasteiger partial charge >= 0.3 is 0 Å². The Bertz CT molecular complexity index is 453. The van der Waals surface area contributed by atoms with Crippen molar-refractivity contribution < 1.29 is 9.18 Å². The SMILES string of the molecule is Cc1ccc(C(=O)NC2CCCC2CN)cc1F.Cl. The molecule has 106 valence electrons. The average Bonchev–Trinajstić information content (AvgIpc) is 2.79. The molecule has 3 nitrogen and oxygen atoms in total. The maximum absolute atomic E-state index is 13.4. The number of carbonyl (C=O) groups excluding carboxylic acids is 1. The molecule has 1 aliphatic rings. The van der Waals surface area contributed by atoms with E-state index in [-0.39, 0.29) is 30.2 Å². The van der Waals surface area contributed by atoms with Crippen LogP contribution in [0.2, 0.25) is 0 Å². The lowest BCUT2D eigenvalue weighted by Gasteiger charge is -2.19. The molecular weight excluding hydrogens is 267 g/mol. The molecule has 2 rings (SSSR count). The van der Waals surface area contributed by atoms with Gasteiger partial charge in [-0.05, 0) is 49.9 Å². The Hall–Kier alpha value is -1.13. The van der Waals surface area contributed by atoms with Crippen LogP contribution in [0.4, 0.5) is 4.39 Å². The van der Waals surface area contributed by atoms with Crippen LogP contribution in [0.15, 0.2) is 18.2 Å². The number of amides is 1. The predicted molar refractivity (Wildman–Crippen MR) is 76.0 cm³/mol. The van der Waals surface area contributed by atoms with E-state index in [2.05, 4.69) is 5.32 Å². The van der Waals surface area contributed by atoms with Crippen LogP contribution in [0.3, 0.4) is 0 Å². The molecule has 5 heteroatoms. The summed E-state index contributed by atoms with van der Waals surface area (Å²) in [7, 11) is 0. The molecule has 0 aromatic heterocycles. The van der Waals surface area contributed by atoms with Crippen molar-refractivity contribution in [1.29, 1.82) is 0 Å². The number of carbonyl (C=O) groups is 1. The first-order chi connectivity index (χ1) is 8.61. The number of hydrogen-bond acceptors (Lipinski definition) is 2. The second-order valence-electron chi connectivity index (χ2n) is 4.97. The topological polar surface area (TPSA) is 55.1 Å². The van der Waals surface area contributed by atoms with Gasteiger partial charge in [0.1, 0.15) is 5.82 Å². The minimum atomic E-state index is -0.343. The van der Waals surface area contributed by atoms with Gasteiger partial charge in [-0.15, -0.1) is 12.4 Å². The molecular formula is C14H20ClFN2O. The molecule has 1 aromatic rings. The quantitative estimate of drug-likeness (QED) is 0.896. The maximum Gasteiger partial charge on any atom is 0.251 e. The maximum atomic E-state index is 13.4. The third-order valence-electron chi connectivity index (χ3n) is 3.71. The summed E-state index contributed by atoms with van der Waals surface area (Å²) >= 11 is 0. The van der Waals surface area contributed by atoms with Crippen molar-refractivity contribution in [2.45, 2.75) is 32.2 Å². The molecule has 1 amide bonds. The summed E-state index contributed by atoms with van der Waals surface area (Å²) in [5.41, 5.74) is 6.60. The third-order valence-corrected chi connectivity index (χ3v) is 3.71. The van der Waals surface area contributed by atoms with Crippen molar-refractivity contribution in [1.82, 2.24) is 5.32 Å². The van der Waals surface area contributed by atoms with Gasteiger partial charge in [0.25, 0.3) is 5.91 Å².